The largest absolute Gasteiger partial charge is 0.430 e. The van der Waals surface area contributed by atoms with Gasteiger partial charge < -0.3 is 16.2 Å². The normalized spacial score (nSPS) is 22.2. The number of sulfonamides is 1. The molecule has 0 radical (unpaired) electrons. The Morgan fingerprint density at radius 3 is 2.20 bits per heavy atom. The number of anilines is 1. The Morgan fingerprint density at radius 2 is 1.65 bits per heavy atom. The first kappa shape index (κ1) is 30.1. The van der Waals surface area contributed by atoms with Crippen molar-refractivity contribution in [2.75, 3.05) is 4.31 Å². The van der Waals surface area contributed by atoms with E-state index >= 15 is 0 Å². The average Bonchev–Trinajstić information content (AvgIpc) is 3.25. The molecule has 220 valence electrons. The summed E-state index contributed by atoms with van der Waals surface area (Å²) in [7, 11) is -4.40. The van der Waals surface area contributed by atoms with Crippen LogP contribution in [0.4, 0.5) is 32.0 Å². The molecule has 1 heterocycles. The molecule has 1 aliphatic carbocycles. The number of carbonyl (C=O) groups is 1. The van der Waals surface area contributed by atoms with E-state index < -0.39 is 45.5 Å². The molecule has 0 bridgehead atoms. The van der Waals surface area contributed by atoms with E-state index in [0.717, 1.165) is 22.4 Å². The zero-order chi connectivity index (χ0) is 29.7. The minimum absolute atomic E-state index is 0.0599. The number of fused-ring (bicyclic) bond motifs is 1. The second kappa shape index (κ2) is 10.5. The van der Waals surface area contributed by atoms with E-state index in [1.165, 1.54) is 12.1 Å². The summed E-state index contributed by atoms with van der Waals surface area (Å²) >= 11 is 0. The first-order valence-corrected chi connectivity index (χ1v) is 14.0. The minimum atomic E-state index is -6.09. The average molecular weight is 594 g/mol. The van der Waals surface area contributed by atoms with Crippen LogP contribution in [0.1, 0.15) is 48.8 Å². The van der Waals surface area contributed by atoms with Crippen LogP contribution in [0.2, 0.25) is 0 Å². The van der Waals surface area contributed by atoms with Gasteiger partial charge in [0.25, 0.3) is 15.6 Å². The van der Waals surface area contributed by atoms with Gasteiger partial charge in [-0.05, 0) is 62.8 Å². The van der Waals surface area contributed by atoms with Gasteiger partial charge >= 0.3 is 12.4 Å². The lowest BCUT2D eigenvalue weighted by molar-refractivity contribution is -0.376. The van der Waals surface area contributed by atoms with Crippen molar-refractivity contribution in [2.24, 2.45) is 5.73 Å². The number of aryl methyl sites for hydroxylation is 2. The summed E-state index contributed by atoms with van der Waals surface area (Å²) in [4.78, 5) is 12.7. The van der Waals surface area contributed by atoms with Crippen molar-refractivity contribution in [1.82, 2.24) is 5.32 Å². The molecule has 40 heavy (non-hydrogen) atoms. The predicted molar refractivity (Wildman–Crippen MR) is 134 cm³/mol. The van der Waals surface area contributed by atoms with Crippen LogP contribution in [-0.4, -0.2) is 49.9 Å². The topological polar surface area (TPSA) is 113 Å². The molecular weight excluding hydrogens is 564 g/mol. The summed E-state index contributed by atoms with van der Waals surface area (Å²) in [6.07, 6.45) is -10.7. The van der Waals surface area contributed by atoms with E-state index in [9.17, 15) is 44.7 Å². The molecule has 1 fully saturated rings. The molecule has 0 saturated heterocycles. The fourth-order valence-corrected chi connectivity index (χ4v) is 7.05. The highest BCUT2D eigenvalue weighted by Crippen LogP contribution is 2.51. The molecule has 1 amide bonds. The standard InChI is InChI=1S/C26H29F6N3O4S/c1-15-2-9-21(10-3-15)40(38,39)35-20(14-23(36)34-19-7-6-18(33)13-19)8-4-16-12-17(5-11-22(16)35)24(37,25(27,28)29)26(30,31)32/h2-3,5,9-12,18-20,37H,4,6-8,13-14,33H2,1H3,(H,34,36)/t18-,19-,20+/m1/s1. The number of rotatable bonds is 6. The Morgan fingerprint density at radius 1 is 1.02 bits per heavy atom. The van der Waals surface area contributed by atoms with Crippen molar-refractivity contribution in [1.29, 1.82) is 0 Å². The Balaban J connectivity index is 1.76. The number of halogens is 6. The third kappa shape index (κ3) is 5.53. The summed E-state index contributed by atoms with van der Waals surface area (Å²) in [6.45, 7) is 1.73. The maximum atomic E-state index is 13.8. The number of hydrogen-bond acceptors (Lipinski definition) is 5. The maximum absolute atomic E-state index is 13.8. The summed E-state index contributed by atoms with van der Waals surface area (Å²) in [5.41, 5.74) is -0.294. The van der Waals surface area contributed by atoms with Gasteiger partial charge in [0.15, 0.2) is 0 Å². The Bertz CT molecular complexity index is 1350. The maximum Gasteiger partial charge on any atom is 0.430 e. The molecule has 3 atom stereocenters. The molecule has 4 N–H and O–H groups in total. The number of amides is 1. The second-order valence-corrected chi connectivity index (χ2v) is 12.2. The molecule has 2 aromatic rings. The van der Waals surface area contributed by atoms with Gasteiger partial charge in [0, 0.05) is 24.1 Å². The van der Waals surface area contributed by atoms with Gasteiger partial charge in [-0.25, -0.2) is 8.42 Å². The zero-order valence-corrected chi connectivity index (χ0v) is 22.2. The van der Waals surface area contributed by atoms with Gasteiger partial charge in [-0.3, -0.25) is 9.10 Å². The van der Waals surface area contributed by atoms with Crippen LogP contribution in [0.25, 0.3) is 0 Å². The highest BCUT2D eigenvalue weighted by molar-refractivity contribution is 7.92. The third-order valence-electron chi connectivity index (χ3n) is 7.47. The smallest absolute Gasteiger partial charge is 0.369 e. The van der Waals surface area contributed by atoms with Crippen molar-refractivity contribution in [3.05, 3.63) is 59.2 Å². The molecule has 0 aromatic heterocycles. The van der Waals surface area contributed by atoms with Crippen molar-refractivity contribution in [2.45, 2.75) is 86.4 Å². The monoisotopic (exact) mass is 593 g/mol. The van der Waals surface area contributed by atoms with Gasteiger partial charge in [0.05, 0.1) is 16.6 Å². The molecule has 1 aliphatic heterocycles. The lowest BCUT2D eigenvalue weighted by Gasteiger charge is -2.39. The highest BCUT2D eigenvalue weighted by Gasteiger charge is 2.71. The summed E-state index contributed by atoms with van der Waals surface area (Å²) < 4.78 is 110. The molecule has 4 rings (SSSR count). The zero-order valence-electron chi connectivity index (χ0n) is 21.4. The van der Waals surface area contributed by atoms with Crippen LogP contribution in [0, 0.1) is 6.92 Å². The lowest BCUT2D eigenvalue weighted by atomic mass is 9.87. The summed E-state index contributed by atoms with van der Waals surface area (Å²) in [6, 6.07) is 6.30. The molecule has 2 aliphatic rings. The third-order valence-corrected chi connectivity index (χ3v) is 9.35. The number of alkyl halides is 6. The molecule has 7 nitrogen and oxygen atoms in total. The molecule has 0 unspecified atom stereocenters. The molecular formula is C26H29F6N3O4S. The van der Waals surface area contributed by atoms with Crippen LogP contribution in [0.5, 0.6) is 0 Å². The first-order valence-electron chi connectivity index (χ1n) is 12.6. The van der Waals surface area contributed by atoms with Crippen molar-refractivity contribution < 1.29 is 44.7 Å². The van der Waals surface area contributed by atoms with E-state index in [2.05, 4.69) is 5.32 Å². The fraction of sp³-hybridized carbons (Fsp3) is 0.500. The predicted octanol–water partition coefficient (Wildman–Crippen LogP) is 4.20. The van der Waals surface area contributed by atoms with E-state index in [1.54, 1.807) is 19.1 Å². The van der Waals surface area contributed by atoms with Gasteiger partial charge in [-0.2, -0.15) is 26.3 Å². The van der Waals surface area contributed by atoms with Crippen molar-refractivity contribution in [3.63, 3.8) is 0 Å². The van der Waals surface area contributed by atoms with E-state index in [1.807, 2.05) is 0 Å². The van der Waals surface area contributed by atoms with Gasteiger partial charge in [-0.15, -0.1) is 0 Å². The number of aliphatic hydroxyl groups is 1. The van der Waals surface area contributed by atoms with Gasteiger partial charge in [-0.1, -0.05) is 29.8 Å². The van der Waals surface area contributed by atoms with Crippen LogP contribution >= 0.6 is 0 Å². The summed E-state index contributed by atoms with van der Waals surface area (Å²) in [5.74, 6) is -0.447. The van der Waals surface area contributed by atoms with Crippen LogP contribution in [0.3, 0.4) is 0 Å². The van der Waals surface area contributed by atoms with E-state index in [-0.39, 0.29) is 47.5 Å². The van der Waals surface area contributed by atoms with E-state index in [4.69, 9.17) is 5.73 Å². The quantitative estimate of drug-likeness (QED) is 0.435. The Hall–Kier alpha value is -2.84. The van der Waals surface area contributed by atoms with Crippen molar-refractivity contribution in [3.8, 4) is 0 Å². The number of benzene rings is 2. The molecule has 1 saturated carbocycles. The molecule has 14 heteroatoms. The number of nitrogens with one attached hydrogen (secondary N) is 1. The van der Waals surface area contributed by atoms with Crippen LogP contribution in [-0.2, 0) is 26.8 Å². The number of carbonyl (C=O) groups excluding carboxylic acids is 1. The van der Waals surface area contributed by atoms with Gasteiger partial charge in [0.1, 0.15) is 0 Å². The minimum Gasteiger partial charge on any atom is -0.369 e. The highest BCUT2D eigenvalue weighted by atomic mass is 32.2. The summed E-state index contributed by atoms with van der Waals surface area (Å²) in [5, 5.41) is 12.7. The SMILES string of the molecule is Cc1ccc(S(=O)(=O)N2c3ccc(C(O)(C(F)(F)F)C(F)(F)F)cc3CC[C@H]2CC(=O)N[C@@H]2CC[C@@H](N)C2)cc1. The first-order chi connectivity index (χ1) is 18.4. The number of nitrogens with zero attached hydrogens (tertiary/aromatic N) is 1. The lowest BCUT2D eigenvalue weighted by Crippen LogP contribution is -2.54. The Kier molecular flexibility index (Phi) is 7.93. The van der Waals surface area contributed by atoms with Crippen LogP contribution < -0.4 is 15.4 Å². The molecule has 2 aromatic carbocycles. The second-order valence-electron chi connectivity index (χ2n) is 10.4. The van der Waals surface area contributed by atoms with Crippen LogP contribution in [0.15, 0.2) is 47.4 Å². The van der Waals surface area contributed by atoms with Gasteiger partial charge in [0.2, 0.25) is 5.91 Å². The number of hydrogen-bond donors (Lipinski definition) is 3. The Labute approximate surface area is 227 Å². The van der Waals surface area contributed by atoms with Crippen molar-refractivity contribution >= 4 is 21.6 Å². The van der Waals surface area contributed by atoms with E-state index in [0.29, 0.717) is 25.0 Å². The molecule has 0 spiro atoms. The fourth-order valence-electron chi connectivity index (χ4n) is 5.33. The number of nitrogens with two attached hydrogens (primary N) is 1.